The van der Waals surface area contributed by atoms with Crippen LogP contribution < -0.4 is 5.32 Å². The van der Waals surface area contributed by atoms with Gasteiger partial charge in [-0.3, -0.25) is 0 Å². The summed E-state index contributed by atoms with van der Waals surface area (Å²) in [7, 11) is 1.54. The van der Waals surface area contributed by atoms with Crippen molar-refractivity contribution in [1.29, 1.82) is 0 Å². The van der Waals surface area contributed by atoms with E-state index in [1.165, 1.54) is 65.5 Å². The number of rotatable bonds is 3. The number of ether oxygens (including phenoxy) is 1. The highest BCUT2D eigenvalue weighted by Gasteiger charge is 2.28. The Morgan fingerprint density at radius 2 is 1.93 bits per heavy atom. The molecule has 1 aliphatic heterocycles. The van der Waals surface area contributed by atoms with Crippen LogP contribution in [-0.2, 0) is 11.3 Å². The molecule has 0 amide bonds. The average Bonchev–Trinajstić information content (AvgIpc) is 2.95. The Hall–Kier alpha value is -2.30. The first kappa shape index (κ1) is 17.8. The molecule has 0 saturated heterocycles. The minimum absolute atomic E-state index is 0.608. The van der Waals surface area contributed by atoms with Crippen LogP contribution in [0.15, 0.2) is 42.5 Å². The molecule has 1 unspecified atom stereocenters. The van der Waals surface area contributed by atoms with Crippen LogP contribution in [0.1, 0.15) is 55.4 Å². The van der Waals surface area contributed by atoms with Gasteiger partial charge >= 0.3 is 0 Å². The molecule has 1 aromatic heterocycles. The molecule has 2 heterocycles. The van der Waals surface area contributed by atoms with E-state index >= 15 is 0 Å². The third kappa shape index (κ3) is 2.83. The number of para-hydroxylation sites is 1. The van der Waals surface area contributed by atoms with Crippen molar-refractivity contribution in [3.05, 3.63) is 53.6 Å². The summed E-state index contributed by atoms with van der Waals surface area (Å²) in [6.07, 6.45) is 5.64. The quantitative estimate of drug-likeness (QED) is 0.600. The Labute approximate surface area is 166 Å². The van der Waals surface area contributed by atoms with Crippen molar-refractivity contribution >= 4 is 16.6 Å². The summed E-state index contributed by atoms with van der Waals surface area (Å²) in [4.78, 5) is 0. The lowest BCUT2D eigenvalue weighted by atomic mass is 9.81. The highest BCUT2D eigenvalue weighted by molar-refractivity contribution is 5.95. The molecule has 1 saturated carbocycles. The fraction of sp³-hybridized carbons (Fsp3) is 0.417. The molecule has 28 heavy (non-hydrogen) atoms. The zero-order valence-corrected chi connectivity index (χ0v) is 16.4. The Bertz CT molecular complexity index is 1000. The van der Waals surface area contributed by atoms with Crippen LogP contribution in [0.5, 0.6) is 0 Å². The van der Waals surface area contributed by atoms with Crippen molar-refractivity contribution in [1.82, 2.24) is 4.57 Å². The van der Waals surface area contributed by atoms with Gasteiger partial charge in [-0.1, -0.05) is 49.6 Å². The van der Waals surface area contributed by atoms with Crippen LogP contribution in [-0.4, -0.2) is 23.3 Å². The van der Waals surface area contributed by atoms with Crippen LogP contribution in [0.3, 0.4) is 0 Å². The van der Waals surface area contributed by atoms with E-state index in [4.69, 9.17) is 4.74 Å². The minimum Gasteiger partial charge on any atom is -0.383 e. The molecule has 2 aromatic carbocycles. The number of aromatic nitrogens is 1. The third-order valence-electron chi connectivity index (χ3n) is 6.48. The number of hydrogen-bond donors (Lipinski definition) is 2. The average molecular weight is 377 g/mol. The molecule has 4 nitrogen and oxygen atoms in total. The first-order valence-electron chi connectivity index (χ1n) is 10.5. The van der Waals surface area contributed by atoms with Gasteiger partial charge in [-0.15, -0.1) is 0 Å². The topological polar surface area (TPSA) is 46.4 Å². The van der Waals surface area contributed by atoms with Crippen molar-refractivity contribution in [3.8, 4) is 11.3 Å². The van der Waals surface area contributed by atoms with Crippen LogP contribution in [0, 0.1) is 0 Å². The molecular formula is C24H28N2O2. The van der Waals surface area contributed by atoms with Gasteiger partial charge < -0.3 is 19.7 Å². The van der Waals surface area contributed by atoms with E-state index < -0.39 is 6.29 Å². The molecule has 0 radical (unpaired) electrons. The van der Waals surface area contributed by atoms with E-state index in [-0.39, 0.29) is 0 Å². The third-order valence-corrected chi connectivity index (χ3v) is 6.48. The second kappa shape index (κ2) is 7.26. The number of aliphatic hydroxyl groups is 1. The summed E-state index contributed by atoms with van der Waals surface area (Å²) in [5, 5.41) is 15.2. The molecule has 5 rings (SSSR count). The molecule has 4 heteroatoms. The van der Waals surface area contributed by atoms with Crippen LogP contribution in [0.2, 0.25) is 0 Å². The molecule has 2 N–H and O–H groups in total. The van der Waals surface area contributed by atoms with E-state index in [9.17, 15) is 5.11 Å². The van der Waals surface area contributed by atoms with E-state index in [2.05, 4.69) is 46.3 Å². The number of aliphatic hydroxyl groups excluding tert-OH is 1. The molecule has 1 aliphatic carbocycles. The standard InChI is InChI=1S/C24H28N2O2/c1-28-24(27)17-11-12-19-21(15-17)26-14-13-25-20-10-6-5-9-18(20)23(26)22(19)16-7-3-2-4-8-16/h5-6,9-12,15-16,24-25,27H,2-4,7-8,13-14H2,1H3. The number of benzene rings is 2. The van der Waals surface area contributed by atoms with Gasteiger partial charge in [0.1, 0.15) is 0 Å². The molecule has 0 bridgehead atoms. The molecule has 0 spiro atoms. The normalized spacial score (nSPS) is 18.2. The Kier molecular flexibility index (Phi) is 4.61. The predicted octanol–water partition coefficient (Wildman–Crippen LogP) is 5.42. The highest BCUT2D eigenvalue weighted by atomic mass is 16.6. The monoisotopic (exact) mass is 376 g/mol. The van der Waals surface area contributed by atoms with Crippen molar-refractivity contribution in [3.63, 3.8) is 0 Å². The van der Waals surface area contributed by atoms with Gasteiger partial charge in [0.15, 0.2) is 6.29 Å². The van der Waals surface area contributed by atoms with Crippen molar-refractivity contribution in [2.75, 3.05) is 19.0 Å². The summed E-state index contributed by atoms with van der Waals surface area (Å²) in [5.41, 5.74) is 7.42. The van der Waals surface area contributed by atoms with Gasteiger partial charge in [0, 0.05) is 47.9 Å². The Morgan fingerprint density at radius 3 is 2.75 bits per heavy atom. The SMILES string of the molecule is COC(O)c1ccc2c(C3CCCCC3)c3n(c2c1)CCNc1ccccc1-3. The van der Waals surface area contributed by atoms with Gasteiger partial charge in [0.25, 0.3) is 0 Å². The predicted molar refractivity (Wildman–Crippen MR) is 114 cm³/mol. The van der Waals surface area contributed by atoms with Gasteiger partial charge in [0.2, 0.25) is 0 Å². The second-order valence-corrected chi connectivity index (χ2v) is 8.09. The fourth-order valence-corrected chi connectivity index (χ4v) is 5.16. The summed E-state index contributed by atoms with van der Waals surface area (Å²) >= 11 is 0. The first-order valence-corrected chi connectivity index (χ1v) is 10.5. The van der Waals surface area contributed by atoms with Gasteiger partial charge in [-0.05, 0) is 36.5 Å². The van der Waals surface area contributed by atoms with E-state index in [0.29, 0.717) is 5.92 Å². The zero-order valence-electron chi connectivity index (χ0n) is 16.4. The molecule has 3 aromatic rings. The number of nitrogens with zero attached hydrogens (tertiary/aromatic N) is 1. The van der Waals surface area contributed by atoms with Crippen LogP contribution in [0.25, 0.3) is 22.2 Å². The molecule has 1 fully saturated rings. The molecular weight excluding hydrogens is 348 g/mol. The number of methoxy groups -OCH3 is 1. The highest BCUT2D eigenvalue weighted by Crippen LogP contribution is 2.46. The maximum atomic E-state index is 10.2. The molecule has 1 atom stereocenters. The number of anilines is 1. The first-order chi connectivity index (χ1) is 13.8. The minimum atomic E-state index is -0.884. The van der Waals surface area contributed by atoms with Crippen LogP contribution >= 0.6 is 0 Å². The summed E-state index contributed by atoms with van der Waals surface area (Å²) in [6, 6.07) is 15.0. The van der Waals surface area contributed by atoms with Gasteiger partial charge in [-0.25, -0.2) is 0 Å². The number of hydrogen-bond acceptors (Lipinski definition) is 3. The van der Waals surface area contributed by atoms with Crippen molar-refractivity contribution < 1.29 is 9.84 Å². The van der Waals surface area contributed by atoms with Crippen molar-refractivity contribution in [2.24, 2.45) is 0 Å². The second-order valence-electron chi connectivity index (χ2n) is 8.09. The largest absolute Gasteiger partial charge is 0.383 e. The number of fused-ring (bicyclic) bond motifs is 5. The molecule has 2 aliphatic rings. The zero-order chi connectivity index (χ0) is 19.1. The lowest BCUT2D eigenvalue weighted by molar-refractivity contribution is -0.0768. The van der Waals surface area contributed by atoms with Gasteiger partial charge in [0.05, 0.1) is 5.69 Å². The van der Waals surface area contributed by atoms with E-state index in [0.717, 1.165) is 18.7 Å². The van der Waals surface area contributed by atoms with Crippen LogP contribution in [0.4, 0.5) is 5.69 Å². The maximum absolute atomic E-state index is 10.2. The smallest absolute Gasteiger partial charge is 0.180 e. The lowest BCUT2D eigenvalue weighted by Gasteiger charge is -2.23. The number of nitrogens with one attached hydrogen (secondary N) is 1. The fourth-order valence-electron chi connectivity index (χ4n) is 5.16. The Morgan fingerprint density at radius 1 is 1.11 bits per heavy atom. The summed E-state index contributed by atoms with van der Waals surface area (Å²) < 4.78 is 7.63. The Balaban J connectivity index is 1.80. The van der Waals surface area contributed by atoms with Crippen molar-refractivity contribution in [2.45, 2.75) is 50.9 Å². The summed E-state index contributed by atoms with van der Waals surface area (Å²) in [5.74, 6) is 0.608. The maximum Gasteiger partial charge on any atom is 0.180 e. The van der Waals surface area contributed by atoms with Gasteiger partial charge in [-0.2, -0.15) is 0 Å². The molecule has 146 valence electrons. The summed E-state index contributed by atoms with van der Waals surface area (Å²) in [6.45, 7) is 1.81. The lowest BCUT2D eigenvalue weighted by Crippen LogP contribution is -2.08. The van der Waals surface area contributed by atoms with E-state index in [1.807, 2.05) is 6.07 Å². The van der Waals surface area contributed by atoms with E-state index in [1.54, 1.807) is 7.11 Å².